The zero-order valence-electron chi connectivity index (χ0n) is 17.9. The van der Waals surface area contributed by atoms with E-state index in [4.69, 9.17) is 5.73 Å². The van der Waals surface area contributed by atoms with Crippen molar-refractivity contribution < 1.29 is 31.5 Å². The number of nitrogens with two attached hydrogens (primary N) is 1. The summed E-state index contributed by atoms with van der Waals surface area (Å²) in [5.74, 6) is -1.73. The van der Waals surface area contributed by atoms with E-state index in [1.807, 2.05) is 0 Å². The first-order valence-corrected chi connectivity index (χ1v) is 10.8. The maximum atomic E-state index is 13.5. The number of anilines is 1. The number of nitrogens with one attached hydrogen (secondary N) is 1. The molecule has 2 amide bonds. The Morgan fingerprint density at radius 2 is 1.86 bits per heavy atom. The Morgan fingerprint density at radius 3 is 2.43 bits per heavy atom. The van der Waals surface area contributed by atoms with Gasteiger partial charge in [0, 0.05) is 11.1 Å². The number of benzene rings is 1. The van der Waals surface area contributed by atoms with E-state index in [0.717, 1.165) is 16.8 Å². The van der Waals surface area contributed by atoms with Crippen molar-refractivity contribution in [2.45, 2.75) is 26.1 Å². The second kappa shape index (κ2) is 9.06. The fourth-order valence-corrected chi connectivity index (χ4v) is 4.51. The smallest absolute Gasteiger partial charge is 0.365 e. The van der Waals surface area contributed by atoms with Gasteiger partial charge in [0.1, 0.15) is 27.6 Å². The van der Waals surface area contributed by atoms with Crippen LogP contribution in [0.25, 0.3) is 21.3 Å². The number of halogens is 5. The SMILES string of the molecule is Cc1cc(C(F)F)nn1CC(=O)Nc1c(C(N)=O)sc2nc(C(F)(F)F)cc(-c3ccccc3)c12. The standard InChI is InChI=1S/C22H16F5N5O2S/c1-10-7-13(19(23)24)31-32(10)9-15(33)30-17-16-12(11-5-3-2-4-6-11)8-14(22(25,26)27)29-21(16)35-18(17)20(28)34/h2-8,19H,9H2,1H3,(H2,28,34)(H,30,33). The number of fused-ring (bicyclic) bond motifs is 1. The van der Waals surface area contributed by atoms with Crippen LogP contribution in [0.2, 0.25) is 0 Å². The van der Waals surface area contributed by atoms with Gasteiger partial charge in [-0.05, 0) is 30.2 Å². The molecule has 1 aromatic carbocycles. The number of carbonyl (C=O) groups excluding carboxylic acids is 2. The normalized spacial score (nSPS) is 11.9. The molecule has 0 spiro atoms. The molecule has 0 fully saturated rings. The van der Waals surface area contributed by atoms with Crippen molar-refractivity contribution in [3.63, 3.8) is 0 Å². The van der Waals surface area contributed by atoms with Crippen molar-refractivity contribution in [3.05, 3.63) is 64.4 Å². The van der Waals surface area contributed by atoms with Gasteiger partial charge >= 0.3 is 6.18 Å². The van der Waals surface area contributed by atoms with Crippen LogP contribution in [0.15, 0.2) is 42.5 Å². The van der Waals surface area contributed by atoms with E-state index in [1.165, 1.54) is 6.92 Å². The van der Waals surface area contributed by atoms with Crippen LogP contribution in [0, 0.1) is 6.92 Å². The van der Waals surface area contributed by atoms with E-state index in [0.29, 0.717) is 22.6 Å². The molecule has 13 heteroatoms. The topological polar surface area (TPSA) is 103 Å². The van der Waals surface area contributed by atoms with Gasteiger partial charge in [-0.2, -0.15) is 18.3 Å². The molecular formula is C22H16F5N5O2S. The van der Waals surface area contributed by atoms with Crippen LogP contribution < -0.4 is 11.1 Å². The largest absolute Gasteiger partial charge is 0.433 e. The van der Waals surface area contributed by atoms with Crippen LogP contribution in [0.5, 0.6) is 0 Å². The number of alkyl halides is 5. The number of carbonyl (C=O) groups is 2. The summed E-state index contributed by atoms with van der Waals surface area (Å²) in [6.07, 6.45) is -7.60. The fraction of sp³-hybridized carbons (Fsp3) is 0.182. The Labute approximate surface area is 198 Å². The van der Waals surface area contributed by atoms with Gasteiger partial charge in [-0.1, -0.05) is 30.3 Å². The second-order valence-electron chi connectivity index (χ2n) is 7.49. The molecule has 3 aromatic heterocycles. The average Bonchev–Trinajstić information content (AvgIpc) is 3.34. The zero-order chi connectivity index (χ0) is 25.5. The van der Waals surface area contributed by atoms with E-state index in [-0.39, 0.29) is 26.3 Å². The van der Waals surface area contributed by atoms with E-state index >= 15 is 0 Å². The summed E-state index contributed by atoms with van der Waals surface area (Å²) in [5, 5.41) is 6.28. The molecule has 4 aromatic rings. The number of thiophene rings is 1. The predicted molar refractivity (Wildman–Crippen MR) is 119 cm³/mol. The minimum Gasteiger partial charge on any atom is -0.365 e. The summed E-state index contributed by atoms with van der Waals surface area (Å²) in [5.41, 5.74) is 4.42. The molecule has 3 N–H and O–H groups in total. The third-order valence-corrected chi connectivity index (χ3v) is 6.14. The summed E-state index contributed by atoms with van der Waals surface area (Å²) in [6.45, 7) is 1.000. The lowest BCUT2D eigenvalue weighted by Gasteiger charge is -2.12. The molecule has 0 saturated carbocycles. The Morgan fingerprint density at radius 1 is 1.17 bits per heavy atom. The van der Waals surface area contributed by atoms with E-state index in [2.05, 4.69) is 15.4 Å². The van der Waals surface area contributed by atoms with E-state index in [1.54, 1.807) is 30.3 Å². The number of primary amides is 1. The molecule has 3 heterocycles. The van der Waals surface area contributed by atoms with E-state index < -0.39 is 42.3 Å². The molecule has 0 aliphatic carbocycles. The van der Waals surface area contributed by atoms with Gasteiger partial charge in [0.05, 0.1) is 5.69 Å². The van der Waals surface area contributed by atoms with Crippen molar-refractivity contribution in [2.24, 2.45) is 5.73 Å². The van der Waals surface area contributed by atoms with Crippen LogP contribution >= 0.6 is 11.3 Å². The number of pyridine rings is 1. The average molecular weight is 509 g/mol. The Bertz CT molecular complexity index is 1430. The number of aryl methyl sites for hydroxylation is 1. The van der Waals surface area contributed by atoms with Crippen molar-refractivity contribution in [1.82, 2.24) is 14.8 Å². The highest BCUT2D eigenvalue weighted by Crippen LogP contribution is 2.43. The first kappa shape index (κ1) is 24.3. The van der Waals surface area contributed by atoms with Crippen LogP contribution in [0.3, 0.4) is 0 Å². The molecule has 0 radical (unpaired) electrons. The summed E-state index contributed by atoms with van der Waals surface area (Å²) in [6, 6.07) is 10.0. The first-order valence-electron chi connectivity index (χ1n) is 9.98. The van der Waals surface area contributed by atoms with Gasteiger partial charge in [-0.15, -0.1) is 11.3 Å². The number of amides is 2. The monoisotopic (exact) mass is 509 g/mol. The third kappa shape index (κ3) is 4.85. The molecule has 0 atom stereocenters. The fourth-order valence-electron chi connectivity index (χ4n) is 3.50. The number of nitrogens with zero attached hydrogens (tertiary/aromatic N) is 3. The molecule has 0 unspecified atom stereocenters. The number of hydrogen-bond acceptors (Lipinski definition) is 5. The maximum absolute atomic E-state index is 13.5. The predicted octanol–water partition coefficient (Wildman–Crippen LogP) is 5.16. The van der Waals surface area contributed by atoms with Crippen molar-refractivity contribution in [2.75, 3.05) is 5.32 Å². The highest BCUT2D eigenvalue weighted by molar-refractivity contribution is 7.21. The number of hydrogen-bond donors (Lipinski definition) is 2. The maximum Gasteiger partial charge on any atom is 0.433 e. The second-order valence-corrected chi connectivity index (χ2v) is 8.49. The molecule has 0 saturated heterocycles. The lowest BCUT2D eigenvalue weighted by molar-refractivity contribution is -0.140. The van der Waals surface area contributed by atoms with Gasteiger partial charge in [-0.3, -0.25) is 14.3 Å². The first-order chi connectivity index (χ1) is 16.5. The lowest BCUT2D eigenvalue weighted by atomic mass is 10.0. The van der Waals surface area contributed by atoms with Crippen LogP contribution in [-0.4, -0.2) is 26.6 Å². The summed E-state index contributed by atoms with van der Waals surface area (Å²) in [4.78, 5) is 28.2. The van der Waals surface area contributed by atoms with Crippen molar-refractivity contribution in [3.8, 4) is 11.1 Å². The molecule has 35 heavy (non-hydrogen) atoms. The van der Waals surface area contributed by atoms with Crippen LogP contribution in [0.4, 0.5) is 27.6 Å². The highest BCUT2D eigenvalue weighted by Gasteiger charge is 2.35. The molecule has 7 nitrogen and oxygen atoms in total. The summed E-state index contributed by atoms with van der Waals surface area (Å²) < 4.78 is 67.5. The van der Waals surface area contributed by atoms with Gasteiger partial charge in [-0.25, -0.2) is 13.8 Å². The lowest BCUT2D eigenvalue weighted by Crippen LogP contribution is -2.22. The third-order valence-electron chi connectivity index (χ3n) is 5.04. The van der Waals surface area contributed by atoms with Gasteiger partial charge in [0.25, 0.3) is 12.3 Å². The van der Waals surface area contributed by atoms with Gasteiger partial charge < -0.3 is 11.1 Å². The molecule has 0 aliphatic heterocycles. The van der Waals surface area contributed by atoms with Crippen molar-refractivity contribution in [1.29, 1.82) is 0 Å². The quantitative estimate of drug-likeness (QED) is 0.351. The Kier molecular flexibility index (Phi) is 6.28. The summed E-state index contributed by atoms with van der Waals surface area (Å²) in [7, 11) is 0. The minimum atomic E-state index is -4.77. The summed E-state index contributed by atoms with van der Waals surface area (Å²) >= 11 is 0.609. The molecule has 0 aliphatic rings. The van der Waals surface area contributed by atoms with E-state index in [9.17, 15) is 31.5 Å². The van der Waals surface area contributed by atoms with Crippen molar-refractivity contribution >= 4 is 39.1 Å². The Balaban J connectivity index is 1.84. The van der Waals surface area contributed by atoms with Crippen LogP contribution in [-0.2, 0) is 17.5 Å². The molecular weight excluding hydrogens is 493 g/mol. The highest BCUT2D eigenvalue weighted by atomic mass is 32.1. The van der Waals surface area contributed by atoms with Gasteiger partial charge in [0.2, 0.25) is 5.91 Å². The molecule has 4 rings (SSSR count). The number of aromatic nitrogens is 3. The zero-order valence-corrected chi connectivity index (χ0v) is 18.7. The number of rotatable bonds is 6. The molecule has 182 valence electrons. The molecule has 0 bridgehead atoms. The minimum absolute atomic E-state index is 0.0808. The Hall–Kier alpha value is -3.87. The van der Waals surface area contributed by atoms with Crippen LogP contribution in [0.1, 0.15) is 33.2 Å². The van der Waals surface area contributed by atoms with Gasteiger partial charge in [0.15, 0.2) is 0 Å².